The summed E-state index contributed by atoms with van der Waals surface area (Å²) in [5.74, 6) is 0.721. The molecule has 2 aliphatic carbocycles. The van der Waals surface area contributed by atoms with Crippen LogP contribution in [0.25, 0.3) is 75.5 Å². The Morgan fingerprint density at radius 3 is 2.36 bits per heavy atom. The number of allylic oxidation sites excluding steroid dienone is 4. The molecule has 214 valence electrons. The van der Waals surface area contributed by atoms with E-state index in [-0.39, 0.29) is 5.41 Å². The molecule has 0 spiro atoms. The minimum Gasteiger partial charge on any atom is -0.276 e. The number of aromatic nitrogens is 3. The van der Waals surface area contributed by atoms with Crippen LogP contribution >= 0.6 is 11.3 Å². The number of nitrogens with zero attached hydrogens (tertiary/aromatic N) is 3. The van der Waals surface area contributed by atoms with E-state index in [2.05, 4.69) is 134 Å². The molecule has 3 aromatic heterocycles. The van der Waals surface area contributed by atoms with Crippen LogP contribution in [0.3, 0.4) is 0 Å². The van der Waals surface area contributed by atoms with Gasteiger partial charge in [0.05, 0.1) is 26.9 Å². The Bertz CT molecular complexity index is 2630. The molecule has 0 atom stereocenters. The number of hydrogen-bond donors (Lipinski definition) is 0. The third-order valence-corrected chi connectivity index (χ3v) is 11.2. The zero-order valence-corrected chi connectivity index (χ0v) is 26.0. The minimum atomic E-state index is -0.141. The Hall–Kier alpha value is -5.06. The van der Waals surface area contributed by atoms with Gasteiger partial charge in [0.25, 0.3) is 0 Å². The van der Waals surface area contributed by atoms with Crippen molar-refractivity contribution < 1.29 is 0 Å². The molecule has 0 saturated heterocycles. The molecule has 0 saturated carbocycles. The van der Waals surface area contributed by atoms with E-state index in [4.69, 9.17) is 9.97 Å². The molecule has 3 heterocycles. The van der Waals surface area contributed by atoms with Crippen LogP contribution in [-0.4, -0.2) is 14.5 Å². The lowest BCUT2D eigenvalue weighted by Gasteiger charge is -2.23. The summed E-state index contributed by atoms with van der Waals surface area (Å²) < 4.78 is 4.97. The molecule has 45 heavy (non-hydrogen) atoms. The van der Waals surface area contributed by atoms with Gasteiger partial charge in [0.1, 0.15) is 0 Å². The first kappa shape index (κ1) is 25.3. The standard InChI is InChI=1S/C41H29N3S/c1-41(2)29-20-10-6-16-25(29)33-34-27-18-8-12-22-31(27)44(38(34)39-35(36(33)41)28-19-9-13-23-32(28)45-39)40-42-30-21-11-7-17-26(30)37(43-40)24-14-4-3-5-15-24/h4,6-23H,3,5H2,1-2H3. The van der Waals surface area contributed by atoms with Gasteiger partial charge < -0.3 is 0 Å². The van der Waals surface area contributed by atoms with Crippen molar-refractivity contribution in [2.45, 2.75) is 32.1 Å². The van der Waals surface area contributed by atoms with Crippen molar-refractivity contribution in [2.75, 3.05) is 0 Å². The molecule has 0 bridgehead atoms. The molecule has 0 fully saturated rings. The summed E-state index contributed by atoms with van der Waals surface area (Å²) in [7, 11) is 0. The van der Waals surface area contributed by atoms with Gasteiger partial charge >= 0.3 is 0 Å². The van der Waals surface area contributed by atoms with Crippen molar-refractivity contribution in [1.82, 2.24) is 14.5 Å². The lowest BCUT2D eigenvalue weighted by Crippen LogP contribution is -2.15. The van der Waals surface area contributed by atoms with E-state index in [9.17, 15) is 0 Å². The highest BCUT2D eigenvalue weighted by Gasteiger charge is 2.40. The topological polar surface area (TPSA) is 30.7 Å². The van der Waals surface area contributed by atoms with Gasteiger partial charge in [-0.05, 0) is 58.9 Å². The fourth-order valence-corrected chi connectivity index (χ4v) is 9.33. The Morgan fingerprint density at radius 2 is 1.49 bits per heavy atom. The van der Waals surface area contributed by atoms with Crippen molar-refractivity contribution in [3.63, 3.8) is 0 Å². The largest absolute Gasteiger partial charge is 0.276 e. The Labute approximate surface area is 264 Å². The SMILES string of the molecule is CC1(C)c2ccccc2-c2c1c1c3ccccc3sc1c1c2c2ccccc2n1-c1nc(C2=CCCC=C2)c2ccccc2n1. The van der Waals surface area contributed by atoms with Crippen molar-refractivity contribution in [3.8, 4) is 17.1 Å². The normalized spacial score (nSPS) is 15.4. The van der Waals surface area contributed by atoms with Crippen molar-refractivity contribution in [1.29, 1.82) is 0 Å². The summed E-state index contributed by atoms with van der Waals surface area (Å²) in [6.45, 7) is 4.80. The summed E-state index contributed by atoms with van der Waals surface area (Å²) in [5.41, 5.74) is 10.8. The zero-order chi connectivity index (χ0) is 29.9. The summed E-state index contributed by atoms with van der Waals surface area (Å²) >= 11 is 1.90. The molecule has 4 heteroatoms. The van der Waals surface area contributed by atoms with Crippen LogP contribution in [0, 0.1) is 0 Å². The molecule has 10 rings (SSSR count). The number of hydrogen-bond acceptors (Lipinski definition) is 3. The van der Waals surface area contributed by atoms with Crippen LogP contribution in [0.15, 0.2) is 115 Å². The van der Waals surface area contributed by atoms with Gasteiger partial charge in [-0.2, -0.15) is 0 Å². The second-order valence-electron chi connectivity index (χ2n) is 12.8. The second kappa shape index (κ2) is 8.99. The fraction of sp³-hybridized carbons (Fsp3) is 0.122. The van der Waals surface area contributed by atoms with Gasteiger partial charge in [-0.25, -0.2) is 9.97 Å². The van der Waals surface area contributed by atoms with E-state index >= 15 is 0 Å². The van der Waals surface area contributed by atoms with Crippen LogP contribution in [0.1, 0.15) is 43.5 Å². The molecule has 5 aromatic carbocycles. The first-order chi connectivity index (χ1) is 22.1. The third kappa shape index (κ3) is 3.30. The number of thiophene rings is 1. The molecule has 0 aliphatic heterocycles. The predicted octanol–water partition coefficient (Wildman–Crippen LogP) is 11.1. The first-order valence-electron chi connectivity index (χ1n) is 15.8. The van der Waals surface area contributed by atoms with Gasteiger partial charge in [0, 0.05) is 37.0 Å². The van der Waals surface area contributed by atoms with E-state index in [0.717, 1.165) is 40.9 Å². The lowest BCUT2D eigenvalue weighted by atomic mass is 9.80. The first-order valence-corrected chi connectivity index (χ1v) is 16.6. The number of para-hydroxylation sites is 2. The highest BCUT2D eigenvalue weighted by atomic mass is 32.1. The maximum absolute atomic E-state index is 5.43. The van der Waals surface area contributed by atoms with Gasteiger partial charge in [-0.1, -0.05) is 111 Å². The van der Waals surface area contributed by atoms with E-state index < -0.39 is 0 Å². The predicted molar refractivity (Wildman–Crippen MR) is 191 cm³/mol. The minimum absolute atomic E-state index is 0.141. The summed E-state index contributed by atoms with van der Waals surface area (Å²) in [5, 5.41) is 6.31. The van der Waals surface area contributed by atoms with Crippen LogP contribution < -0.4 is 0 Å². The van der Waals surface area contributed by atoms with Gasteiger partial charge in [0.2, 0.25) is 5.95 Å². The smallest absolute Gasteiger partial charge is 0.235 e. The Kier molecular flexibility index (Phi) is 5.05. The van der Waals surface area contributed by atoms with E-state index in [1.54, 1.807) is 0 Å². The second-order valence-corrected chi connectivity index (χ2v) is 13.9. The molecule has 3 nitrogen and oxygen atoms in total. The molecular formula is C41H29N3S. The van der Waals surface area contributed by atoms with Crippen molar-refractivity contribution in [3.05, 3.63) is 132 Å². The maximum Gasteiger partial charge on any atom is 0.235 e. The average Bonchev–Trinajstić information content (AvgIpc) is 3.71. The Balaban J connectivity index is 1.46. The quantitative estimate of drug-likeness (QED) is 0.199. The van der Waals surface area contributed by atoms with E-state index in [0.29, 0.717) is 0 Å². The molecule has 0 amide bonds. The van der Waals surface area contributed by atoms with Crippen molar-refractivity contribution >= 4 is 69.8 Å². The fourth-order valence-electron chi connectivity index (χ4n) is 8.07. The van der Waals surface area contributed by atoms with E-state index in [1.807, 2.05) is 11.3 Å². The van der Waals surface area contributed by atoms with Crippen molar-refractivity contribution in [2.24, 2.45) is 0 Å². The van der Waals surface area contributed by atoms with Crippen LogP contribution in [0.4, 0.5) is 0 Å². The zero-order valence-electron chi connectivity index (χ0n) is 25.1. The molecular weight excluding hydrogens is 567 g/mol. The molecule has 0 radical (unpaired) electrons. The van der Waals surface area contributed by atoms with Crippen LogP contribution in [-0.2, 0) is 5.41 Å². The lowest BCUT2D eigenvalue weighted by molar-refractivity contribution is 0.667. The molecule has 8 aromatic rings. The number of rotatable bonds is 2. The Morgan fingerprint density at radius 1 is 0.733 bits per heavy atom. The summed E-state index contributed by atoms with van der Waals surface area (Å²) in [6, 6.07) is 35.2. The molecule has 2 aliphatic rings. The maximum atomic E-state index is 5.43. The summed E-state index contributed by atoms with van der Waals surface area (Å²) in [6.07, 6.45) is 8.90. The van der Waals surface area contributed by atoms with Crippen LogP contribution in [0.5, 0.6) is 0 Å². The molecule has 0 unspecified atom stereocenters. The molecule has 0 N–H and O–H groups in total. The van der Waals surface area contributed by atoms with Gasteiger partial charge in [-0.15, -0.1) is 11.3 Å². The summed E-state index contributed by atoms with van der Waals surface area (Å²) in [4.78, 5) is 10.7. The monoisotopic (exact) mass is 595 g/mol. The highest BCUT2D eigenvalue weighted by Crippen LogP contribution is 2.58. The average molecular weight is 596 g/mol. The third-order valence-electron chi connectivity index (χ3n) is 9.99. The number of benzene rings is 5. The van der Waals surface area contributed by atoms with Gasteiger partial charge in [0.15, 0.2) is 0 Å². The van der Waals surface area contributed by atoms with Gasteiger partial charge in [-0.3, -0.25) is 4.57 Å². The highest BCUT2D eigenvalue weighted by molar-refractivity contribution is 7.26. The number of fused-ring (bicyclic) bond motifs is 13. The van der Waals surface area contributed by atoms with Crippen LogP contribution in [0.2, 0.25) is 0 Å². The van der Waals surface area contributed by atoms with E-state index in [1.165, 1.54) is 64.3 Å².